The van der Waals surface area contributed by atoms with E-state index in [1.54, 1.807) is 18.2 Å². The molecule has 1 atom stereocenters. The summed E-state index contributed by atoms with van der Waals surface area (Å²) < 4.78 is 26.1. The Balaban J connectivity index is 1.95. The molecule has 3 aromatic rings. The molecule has 0 saturated carbocycles. The Bertz CT molecular complexity index is 1030. The number of hydrogen-bond donors (Lipinski definition) is 0. The fourth-order valence-electron chi connectivity index (χ4n) is 3.22. The lowest BCUT2D eigenvalue weighted by Crippen LogP contribution is -2.34. The van der Waals surface area contributed by atoms with Gasteiger partial charge in [-0.15, -0.1) is 0 Å². The molecule has 2 aliphatic rings. The van der Waals surface area contributed by atoms with Crippen LogP contribution in [0.3, 0.4) is 0 Å². The topological polar surface area (TPSA) is 35.5 Å². The summed E-state index contributed by atoms with van der Waals surface area (Å²) in [5.74, 6) is 2.32. The number of fused-ring (bicyclic) bond motifs is 4. The van der Waals surface area contributed by atoms with Crippen LogP contribution in [-0.2, 0) is 4.57 Å². The van der Waals surface area contributed by atoms with Gasteiger partial charge in [0.25, 0.3) is 0 Å². The average molecular weight is 341 g/mol. The lowest BCUT2D eigenvalue weighted by Gasteiger charge is -2.34. The predicted molar refractivity (Wildman–Crippen MR) is 91.0 cm³/mol. The normalized spacial score (nSPS) is 19.7. The van der Waals surface area contributed by atoms with Crippen LogP contribution in [0.2, 0.25) is 5.02 Å². The maximum Gasteiger partial charge on any atom is 0.185 e. The first-order valence-corrected chi connectivity index (χ1v) is 9.25. The van der Waals surface area contributed by atoms with Crippen molar-refractivity contribution >= 4 is 34.7 Å². The summed E-state index contributed by atoms with van der Waals surface area (Å²) in [6.45, 7) is 0. The van der Waals surface area contributed by atoms with Gasteiger partial charge < -0.3 is 14.0 Å². The molecule has 0 bridgehead atoms. The molecule has 3 aromatic carbocycles. The zero-order chi connectivity index (χ0) is 15.6. The first-order valence-electron chi connectivity index (χ1n) is 7.17. The molecule has 5 rings (SSSR count). The van der Waals surface area contributed by atoms with Gasteiger partial charge in [0, 0.05) is 11.1 Å². The Morgan fingerprint density at radius 1 is 0.739 bits per heavy atom. The molecule has 0 aromatic heterocycles. The Morgan fingerprint density at radius 3 is 2.22 bits per heavy atom. The summed E-state index contributed by atoms with van der Waals surface area (Å²) in [6, 6.07) is 18.2. The van der Waals surface area contributed by atoms with E-state index in [1.165, 1.54) is 0 Å². The molecule has 0 aliphatic carbocycles. The maximum absolute atomic E-state index is 14.2. The van der Waals surface area contributed by atoms with Gasteiger partial charge in [0.05, 0.1) is 10.6 Å². The Kier molecular flexibility index (Phi) is 2.54. The number of benzene rings is 3. The molecule has 2 aliphatic heterocycles. The van der Waals surface area contributed by atoms with E-state index in [4.69, 9.17) is 21.1 Å². The fourth-order valence-corrected chi connectivity index (χ4v) is 6.41. The van der Waals surface area contributed by atoms with Crippen LogP contribution >= 0.6 is 18.7 Å². The van der Waals surface area contributed by atoms with Crippen LogP contribution in [0, 0.1) is 0 Å². The van der Waals surface area contributed by atoms with E-state index >= 15 is 0 Å². The van der Waals surface area contributed by atoms with Crippen LogP contribution in [-0.4, -0.2) is 0 Å². The molecular weight excluding hydrogens is 331 g/mol. The van der Waals surface area contributed by atoms with Gasteiger partial charge in [0.15, 0.2) is 7.14 Å². The zero-order valence-corrected chi connectivity index (χ0v) is 13.5. The maximum atomic E-state index is 14.2. The summed E-state index contributed by atoms with van der Waals surface area (Å²) in [6.07, 6.45) is 0. The molecule has 0 spiro atoms. The minimum absolute atomic E-state index is 0.544. The van der Waals surface area contributed by atoms with E-state index in [9.17, 15) is 4.57 Å². The van der Waals surface area contributed by atoms with Crippen molar-refractivity contribution in [3.05, 3.63) is 65.7 Å². The van der Waals surface area contributed by atoms with Crippen LogP contribution in [0.15, 0.2) is 60.7 Å². The first kappa shape index (κ1) is 13.2. The van der Waals surface area contributed by atoms with Gasteiger partial charge in [-0.3, -0.25) is 0 Å². The van der Waals surface area contributed by atoms with Crippen molar-refractivity contribution in [2.75, 3.05) is 0 Å². The highest BCUT2D eigenvalue weighted by Gasteiger charge is 2.45. The molecular formula is C18H10ClO3P. The fraction of sp³-hybridized carbons (Fsp3) is 0. The smallest absolute Gasteiger partial charge is 0.185 e. The van der Waals surface area contributed by atoms with Gasteiger partial charge in [0.1, 0.15) is 28.3 Å². The summed E-state index contributed by atoms with van der Waals surface area (Å²) in [5, 5.41) is 2.55. The molecule has 0 N–H and O–H groups in total. The first-order chi connectivity index (χ1) is 11.2. The van der Waals surface area contributed by atoms with E-state index in [0.717, 1.165) is 0 Å². The quantitative estimate of drug-likeness (QED) is 0.396. The van der Waals surface area contributed by atoms with Crippen molar-refractivity contribution in [3.8, 4) is 23.0 Å². The third kappa shape index (κ3) is 1.64. The summed E-state index contributed by atoms with van der Waals surface area (Å²) in [7, 11) is -3.04. The highest BCUT2D eigenvalue weighted by atomic mass is 35.5. The number of hydrogen-bond acceptors (Lipinski definition) is 3. The second-order valence-corrected chi connectivity index (χ2v) is 8.56. The van der Waals surface area contributed by atoms with Crippen molar-refractivity contribution in [3.63, 3.8) is 0 Å². The monoisotopic (exact) mass is 340 g/mol. The van der Waals surface area contributed by atoms with Gasteiger partial charge in [-0.2, -0.15) is 0 Å². The Hall–Kier alpha value is -2.22. The molecule has 1 unspecified atom stereocenters. The number of halogens is 1. The molecule has 0 saturated heterocycles. The van der Waals surface area contributed by atoms with Gasteiger partial charge in [-0.25, -0.2) is 0 Å². The highest BCUT2D eigenvalue weighted by molar-refractivity contribution is 7.86. The summed E-state index contributed by atoms with van der Waals surface area (Å²) >= 11 is 6.09. The van der Waals surface area contributed by atoms with Crippen LogP contribution in [0.1, 0.15) is 0 Å². The van der Waals surface area contributed by atoms with E-state index in [-0.39, 0.29) is 0 Å². The van der Waals surface area contributed by atoms with Crippen molar-refractivity contribution < 1.29 is 14.0 Å². The number of ether oxygens (including phenoxy) is 2. The minimum Gasteiger partial charge on any atom is -0.456 e. The predicted octanol–water partition coefficient (Wildman–Crippen LogP) is 4.19. The third-order valence-electron chi connectivity index (χ3n) is 4.18. The summed E-state index contributed by atoms with van der Waals surface area (Å²) in [5.41, 5.74) is 0. The van der Waals surface area contributed by atoms with Gasteiger partial charge >= 0.3 is 0 Å². The molecule has 23 heavy (non-hydrogen) atoms. The summed E-state index contributed by atoms with van der Waals surface area (Å²) in [4.78, 5) is 0. The van der Waals surface area contributed by atoms with Crippen molar-refractivity contribution in [1.29, 1.82) is 0 Å². The SMILES string of the molecule is O=P12c3ccccc3Oc3cccc(c31)Oc1cc(Cl)ccc12. The van der Waals surface area contributed by atoms with Gasteiger partial charge in [-0.05, 0) is 36.4 Å². The second-order valence-electron chi connectivity index (χ2n) is 5.50. The lowest BCUT2D eigenvalue weighted by molar-refractivity contribution is 0.461. The van der Waals surface area contributed by atoms with Crippen LogP contribution in [0.25, 0.3) is 0 Å². The van der Waals surface area contributed by atoms with Crippen molar-refractivity contribution in [2.45, 2.75) is 0 Å². The largest absolute Gasteiger partial charge is 0.456 e. The van der Waals surface area contributed by atoms with Crippen LogP contribution < -0.4 is 25.4 Å². The number of rotatable bonds is 0. The standard InChI is InChI=1S/C18H10ClO3P/c19-11-8-9-17-15(10-11)22-14-6-3-5-13-18(14)23(17,20)16-7-2-1-4-12(16)21-13/h1-10H. The van der Waals surface area contributed by atoms with E-state index in [1.807, 2.05) is 42.5 Å². The zero-order valence-electron chi connectivity index (χ0n) is 11.8. The average Bonchev–Trinajstić information content (AvgIpc) is 2.55. The Morgan fingerprint density at radius 2 is 1.39 bits per heavy atom. The van der Waals surface area contributed by atoms with Crippen LogP contribution in [0.5, 0.6) is 23.0 Å². The van der Waals surface area contributed by atoms with Crippen molar-refractivity contribution in [1.82, 2.24) is 0 Å². The van der Waals surface area contributed by atoms with Crippen molar-refractivity contribution in [2.24, 2.45) is 0 Å². The molecule has 112 valence electrons. The number of para-hydroxylation sites is 1. The minimum atomic E-state index is -3.04. The molecule has 0 radical (unpaired) electrons. The third-order valence-corrected chi connectivity index (χ3v) is 7.58. The van der Waals surface area contributed by atoms with E-state index < -0.39 is 7.14 Å². The van der Waals surface area contributed by atoms with E-state index in [2.05, 4.69) is 0 Å². The molecule has 0 fully saturated rings. The molecule has 0 amide bonds. The molecule has 5 heteroatoms. The highest BCUT2D eigenvalue weighted by Crippen LogP contribution is 2.58. The molecule has 3 nitrogen and oxygen atoms in total. The molecule has 2 heterocycles. The van der Waals surface area contributed by atoms with Gasteiger partial charge in [-0.1, -0.05) is 29.8 Å². The van der Waals surface area contributed by atoms with E-state index in [0.29, 0.717) is 43.9 Å². The van der Waals surface area contributed by atoms with Crippen LogP contribution in [0.4, 0.5) is 0 Å². The lowest BCUT2D eigenvalue weighted by atomic mass is 10.3. The second kappa shape index (κ2) is 4.41. The Labute approximate surface area is 137 Å². The van der Waals surface area contributed by atoms with Gasteiger partial charge in [0.2, 0.25) is 0 Å².